The summed E-state index contributed by atoms with van der Waals surface area (Å²) in [6, 6.07) is 16.7. The molecule has 4 rings (SSSR count). The van der Waals surface area contributed by atoms with E-state index in [4.69, 9.17) is 11.6 Å². The van der Waals surface area contributed by atoms with Gasteiger partial charge in [-0.05, 0) is 36.2 Å². The van der Waals surface area contributed by atoms with Gasteiger partial charge in [-0.3, -0.25) is 9.88 Å². The number of fused-ring (bicyclic) bond motifs is 1. The molecule has 1 atom stereocenters. The van der Waals surface area contributed by atoms with E-state index in [2.05, 4.69) is 26.7 Å². The van der Waals surface area contributed by atoms with Crippen LogP contribution in [0.15, 0.2) is 65.7 Å². The monoisotopic (exact) mass is 401 g/mol. The molecular formula is C20H20ClN3O2S. The average molecular weight is 402 g/mol. The number of hydrogen-bond acceptors (Lipinski definition) is 4. The molecular weight excluding hydrogens is 382 g/mol. The van der Waals surface area contributed by atoms with Crippen molar-refractivity contribution in [1.82, 2.24) is 14.6 Å². The summed E-state index contributed by atoms with van der Waals surface area (Å²) in [4.78, 5) is 6.70. The number of pyridine rings is 1. The minimum Gasteiger partial charge on any atom is -0.297 e. The van der Waals surface area contributed by atoms with Crippen molar-refractivity contribution in [2.24, 2.45) is 0 Å². The van der Waals surface area contributed by atoms with E-state index in [1.807, 2.05) is 18.2 Å². The molecule has 5 nitrogen and oxygen atoms in total. The van der Waals surface area contributed by atoms with Crippen molar-refractivity contribution < 1.29 is 8.42 Å². The zero-order valence-corrected chi connectivity index (χ0v) is 16.2. The third-order valence-corrected chi connectivity index (χ3v) is 6.70. The Morgan fingerprint density at radius 1 is 1.11 bits per heavy atom. The molecule has 1 aliphatic heterocycles. The van der Waals surface area contributed by atoms with Gasteiger partial charge in [0.1, 0.15) is 0 Å². The summed E-state index contributed by atoms with van der Waals surface area (Å²) >= 11 is 6.16. The number of hydrogen-bond donors (Lipinski definition) is 1. The van der Waals surface area contributed by atoms with Gasteiger partial charge in [-0.15, -0.1) is 0 Å². The van der Waals surface area contributed by atoms with Crippen LogP contribution in [0, 0.1) is 0 Å². The van der Waals surface area contributed by atoms with E-state index in [9.17, 15) is 8.42 Å². The topological polar surface area (TPSA) is 62.3 Å². The van der Waals surface area contributed by atoms with Crippen molar-refractivity contribution in [3.05, 3.63) is 71.4 Å². The first-order chi connectivity index (χ1) is 13.0. The fourth-order valence-corrected chi connectivity index (χ4v) is 5.22. The van der Waals surface area contributed by atoms with Crippen molar-refractivity contribution in [3.8, 4) is 0 Å². The molecule has 27 heavy (non-hydrogen) atoms. The summed E-state index contributed by atoms with van der Waals surface area (Å²) < 4.78 is 28.8. The Kier molecular flexibility index (Phi) is 5.14. The van der Waals surface area contributed by atoms with Crippen LogP contribution < -0.4 is 4.72 Å². The highest BCUT2D eigenvalue weighted by atomic mass is 35.5. The van der Waals surface area contributed by atoms with E-state index in [0.29, 0.717) is 22.5 Å². The molecule has 1 saturated heterocycles. The molecule has 0 radical (unpaired) electrons. The van der Waals surface area contributed by atoms with Crippen molar-refractivity contribution in [1.29, 1.82) is 0 Å². The van der Waals surface area contributed by atoms with Gasteiger partial charge in [0.15, 0.2) is 0 Å². The summed E-state index contributed by atoms with van der Waals surface area (Å²) in [5.41, 5.74) is 1.73. The van der Waals surface area contributed by atoms with E-state index >= 15 is 0 Å². The molecule has 0 spiro atoms. The van der Waals surface area contributed by atoms with E-state index < -0.39 is 10.0 Å². The first-order valence-corrected chi connectivity index (χ1v) is 10.7. The zero-order valence-electron chi connectivity index (χ0n) is 14.7. The van der Waals surface area contributed by atoms with Gasteiger partial charge in [-0.1, -0.05) is 41.9 Å². The summed E-state index contributed by atoms with van der Waals surface area (Å²) in [7, 11) is -3.66. The van der Waals surface area contributed by atoms with Crippen LogP contribution in [-0.2, 0) is 16.6 Å². The molecule has 0 aliphatic carbocycles. The van der Waals surface area contributed by atoms with E-state index in [1.54, 1.807) is 30.5 Å². The highest BCUT2D eigenvalue weighted by Gasteiger charge is 2.28. The van der Waals surface area contributed by atoms with Gasteiger partial charge in [0.2, 0.25) is 10.0 Å². The third kappa shape index (κ3) is 3.99. The van der Waals surface area contributed by atoms with Crippen LogP contribution in [0.2, 0.25) is 5.02 Å². The molecule has 2 aromatic carbocycles. The summed E-state index contributed by atoms with van der Waals surface area (Å²) in [5.74, 6) is 0. The minimum absolute atomic E-state index is 0.110. The van der Waals surface area contributed by atoms with Gasteiger partial charge in [-0.25, -0.2) is 13.1 Å². The van der Waals surface area contributed by atoms with Gasteiger partial charge < -0.3 is 0 Å². The molecule has 1 N–H and O–H groups in total. The molecule has 1 aliphatic rings. The highest BCUT2D eigenvalue weighted by molar-refractivity contribution is 7.89. The maximum atomic E-state index is 13.0. The second kappa shape index (κ2) is 7.56. The van der Waals surface area contributed by atoms with Gasteiger partial charge >= 0.3 is 0 Å². The number of nitrogens with zero attached hydrogens (tertiary/aromatic N) is 2. The fourth-order valence-electron chi connectivity index (χ4n) is 3.54. The Morgan fingerprint density at radius 3 is 2.74 bits per heavy atom. The molecule has 0 amide bonds. The Morgan fingerprint density at radius 2 is 1.93 bits per heavy atom. The summed E-state index contributed by atoms with van der Waals surface area (Å²) in [6.45, 7) is 2.38. The largest absolute Gasteiger partial charge is 0.297 e. The number of halogens is 1. The van der Waals surface area contributed by atoms with Crippen molar-refractivity contribution in [3.63, 3.8) is 0 Å². The predicted octanol–water partition coefficient (Wildman–Crippen LogP) is 3.44. The molecule has 0 unspecified atom stereocenters. The number of aromatic nitrogens is 1. The van der Waals surface area contributed by atoms with Crippen molar-refractivity contribution in [2.45, 2.75) is 23.9 Å². The molecule has 140 valence electrons. The van der Waals surface area contributed by atoms with Crippen LogP contribution in [0.3, 0.4) is 0 Å². The SMILES string of the molecule is O=S(=O)(N[C@H]1CCN(Cc2ccccc2)C1)c1ccc(Cl)c2ncccc12. The highest BCUT2D eigenvalue weighted by Crippen LogP contribution is 2.28. The summed E-state index contributed by atoms with van der Waals surface area (Å²) in [5, 5.41) is 0.982. The van der Waals surface area contributed by atoms with Gasteiger partial charge in [-0.2, -0.15) is 0 Å². The molecule has 0 saturated carbocycles. The number of nitrogens with one attached hydrogen (secondary N) is 1. The summed E-state index contributed by atoms with van der Waals surface area (Å²) in [6.07, 6.45) is 2.40. The lowest BCUT2D eigenvalue weighted by molar-refractivity contribution is 0.324. The van der Waals surface area contributed by atoms with Crippen LogP contribution in [0.1, 0.15) is 12.0 Å². The standard InChI is InChI=1S/C20H20ClN3O2S/c21-18-8-9-19(17-7-4-11-22-20(17)18)27(25,26)23-16-10-12-24(14-16)13-15-5-2-1-3-6-15/h1-9,11,16,23H,10,12-14H2/t16-/m0/s1. The second-order valence-electron chi connectivity index (χ2n) is 6.77. The Balaban J connectivity index is 1.51. The van der Waals surface area contributed by atoms with E-state index in [1.165, 1.54) is 5.56 Å². The molecule has 3 aromatic rings. The first kappa shape index (κ1) is 18.4. The van der Waals surface area contributed by atoms with E-state index in [-0.39, 0.29) is 10.9 Å². The van der Waals surface area contributed by atoms with Crippen molar-refractivity contribution in [2.75, 3.05) is 13.1 Å². The molecule has 1 aromatic heterocycles. The predicted molar refractivity (Wildman–Crippen MR) is 107 cm³/mol. The first-order valence-electron chi connectivity index (χ1n) is 8.85. The lowest BCUT2D eigenvalue weighted by Gasteiger charge is -2.17. The Hall–Kier alpha value is -1.99. The molecule has 2 heterocycles. The fraction of sp³-hybridized carbons (Fsp3) is 0.250. The Bertz CT molecular complexity index is 1060. The lowest BCUT2D eigenvalue weighted by atomic mass is 10.2. The molecule has 7 heteroatoms. The van der Waals surface area contributed by atoms with Crippen LogP contribution in [0.5, 0.6) is 0 Å². The number of sulfonamides is 1. The average Bonchev–Trinajstić information content (AvgIpc) is 3.09. The quantitative estimate of drug-likeness (QED) is 0.711. The zero-order chi connectivity index (χ0) is 18.9. The van der Waals surface area contributed by atoms with Gasteiger partial charge in [0.05, 0.1) is 15.4 Å². The molecule has 1 fully saturated rings. The number of rotatable bonds is 5. The van der Waals surface area contributed by atoms with E-state index in [0.717, 1.165) is 19.5 Å². The second-order valence-corrected chi connectivity index (χ2v) is 8.86. The minimum atomic E-state index is -3.66. The van der Waals surface area contributed by atoms with Crippen LogP contribution >= 0.6 is 11.6 Å². The van der Waals surface area contributed by atoms with Gasteiger partial charge in [0.25, 0.3) is 0 Å². The van der Waals surface area contributed by atoms with Crippen LogP contribution in [-0.4, -0.2) is 37.4 Å². The molecule has 0 bridgehead atoms. The normalized spacial score (nSPS) is 18.2. The lowest BCUT2D eigenvalue weighted by Crippen LogP contribution is -2.37. The maximum Gasteiger partial charge on any atom is 0.241 e. The smallest absolute Gasteiger partial charge is 0.241 e. The van der Waals surface area contributed by atoms with Crippen LogP contribution in [0.25, 0.3) is 10.9 Å². The van der Waals surface area contributed by atoms with Gasteiger partial charge in [0, 0.05) is 37.3 Å². The third-order valence-electron chi connectivity index (χ3n) is 4.81. The van der Waals surface area contributed by atoms with Crippen LogP contribution in [0.4, 0.5) is 0 Å². The Labute approximate surface area is 164 Å². The maximum absolute atomic E-state index is 13.0. The van der Waals surface area contributed by atoms with Crippen molar-refractivity contribution >= 4 is 32.5 Å². The number of likely N-dealkylation sites (tertiary alicyclic amines) is 1. The number of benzene rings is 2.